The molecule has 0 aliphatic rings. The molecule has 0 saturated carbocycles. The minimum atomic E-state index is 0.631. The van der Waals surface area contributed by atoms with E-state index in [2.05, 4.69) is 17.1 Å². The van der Waals surface area contributed by atoms with Gasteiger partial charge >= 0.3 is 0 Å². The Kier molecular flexibility index (Phi) is 3.76. The highest BCUT2D eigenvalue weighted by molar-refractivity contribution is 7.15. The SMILES string of the molecule is COc1ccc(-c2sc(C)nc2CCN)cc1. The number of hydrogen-bond acceptors (Lipinski definition) is 4. The largest absolute Gasteiger partial charge is 0.497 e. The van der Waals surface area contributed by atoms with Crippen LogP contribution in [0.4, 0.5) is 0 Å². The van der Waals surface area contributed by atoms with Gasteiger partial charge < -0.3 is 10.5 Å². The first-order valence-electron chi connectivity index (χ1n) is 5.55. The van der Waals surface area contributed by atoms with Crippen LogP contribution in [0, 0.1) is 6.92 Å². The standard InChI is InChI=1S/C13H16N2OS/c1-9-15-12(7-8-14)13(17-9)10-3-5-11(16-2)6-4-10/h3-6H,7-8,14H2,1-2H3. The third kappa shape index (κ3) is 2.65. The maximum atomic E-state index is 5.61. The van der Waals surface area contributed by atoms with Crippen molar-refractivity contribution in [3.05, 3.63) is 35.0 Å². The maximum Gasteiger partial charge on any atom is 0.118 e. The van der Waals surface area contributed by atoms with Crippen molar-refractivity contribution in [2.45, 2.75) is 13.3 Å². The number of methoxy groups -OCH3 is 1. The molecule has 0 amide bonds. The molecule has 0 saturated heterocycles. The first kappa shape index (κ1) is 12.1. The van der Waals surface area contributed by atoms with E-state index in [4.69, 9.17) is 10.5 Å². The van der Waals surface area contributed by atoms with Crippen molar-refractivity contribution in [2.24, 2.45) is 5.73 Å². The van der Waals surface area contributed by atoms with Gasteiger partial charge in [-0.2, -0.15) is 0 Å². The van der Waals surface area contributed by atoms with Crippen molar-refractivity contribution in [1.82, 2.24) is 4.98 Å². The van der Waals surface area contributed by atoms with E-state index in [1.54, 1.807) is 18.4 Å². The Balaban J connectivity index is 2.37. The Hall–Kier alpha value is -1.39. The molecule has 0 aliphatic carbocycles. The average Bonchev–Trinajstić information content (AvgIpc) is 2.71. The van der Waals surface area contributed by atoms with Crippen LogP contribution in [-0.4, -0.2) is 18.6 Å². The van der Waals surface area contributed by atoms with Crippen LogP contribution >= 0.6 is 11.3 Å². The molecule has 0 radical (unpaired) electrons. The third-order valence-electron chi connectivity index (χ3n) is 2.54. The number of benzene rings is 1. The minimum Gasteiger partial charge on any atom is -0.497 e. The van der Waals surface area contributed by atoms with E-state index in [9.17, 15) is 0 Å². The van der Waals surface area contributed by atoms with Gasteiger partial charge in [-0.15, -0.1) is 11.3 Å². The molecule has 0 bridgehead atoms. The zero-order valence-corrected chi connectivity index (χ0v) is 10.9. The summed E-state index contributed by atoms with van der Waals surface area (Å²) in [6, 6.07) is 8.06. The van der Waals surface area contributed by atoms with Crippen molar-refractivity contribution in [1.29, 1.82) is 0 Å². The summed E-state index contributed by atoms with van der Waals surface area (Å²) in [5.41, 5.74) is 7.88. The molecule has 2 N–H and O–H groups in total. The Morgan fingerprint density at radius 1 is 1.29 bits per heavy atom. The second-order valence-corrected chi connectivity index (χ2v) is 4.98. The summed E-state index contributed by atoms with van der Waals surface area (Å²) in [5, 5.41) is 1.08. The summed E-state index contributed by atoms with van der Waals surface area (Å²) in [4.78, 5) is 5.74. The van der Waals surface area contributed by atoms with Gasteiger partial charge in [-0.25, -0.2) is 4.98 Å². The maximum absolute atomic E-state index is 5.61. The summed E-state index contributed by atoms with van der Waals surface area (Å²) in [7, 11) is 1.67. The quantitative estimate of drug-likeness (QED) is 0.904. The van der Waals surface area contributed by atoms with Gasteiger partial charge in [0, 0.05) is 6.42 Å². The van der Waals surface area contributed by atoms with Gasteiger partial charge in [0.15, 0.2) is 0 Å². The van der Waals surface area contributed by atoms with Crippen LogP contribution in [-0.2, 0) is 6.42 Å². The summed E-state index contributed by atoms with van der Waals surface area (Å²) < 4.78 is 5.16. The van der Waals surface area contributed by atoms with Gasteiger partial charge in [0.25, 0.3) is 0 Å². The average molecular weight is 248 g/mol. The first-order chi connectivity index (χ1) is 8.24. The summed E-state index contributed by atoms with van der Waals surface area (Å²) >= 11 is 1.71. The predicted octanol–water partition coefficient (Wildman–Crippen LogP) is 2.63. The number of aromatic nitrogens is 1. The third-order valence-corrected chi connectivity index (χ3v) is 3.60. The van der Waals surface area contributed by atoms with E-state index in [0.717, 1.165) is 22.9 Å². The van der Waals surface area contributed by atoms with Crippen molar-refractivity contribution in [3.8, 4) is 16.2 Å². The minimum absolute atomic E-state index is 0.631. The molecular formula is C13H16N2OS. The molecule has 17 heavy (non-hydrogen) atoms. The fraction of sp³-hybridized carbons (Fsp3) is 0.308. The first-order valence-corrected chi connectivity index (χ1v) is 6.37. The van der Waals surface area contributed by atoms with E-state index in [0.29, 0.717) is 6.54 Å². The van der Waals surface area contributed by atoms with E-state index in [-0.39, 0.29) is 0 Å². The number of rotatable bonds is 4. The Morgan fingerprint density at radius 3 is 2.59 bits per heavy atom. The van der Waals surface area contributed by atoms with Gasteiger partial charge in [-0.1, -0.05) is 0 Å². The molecule has 4 heteroatoms. The van der Waals surface area contributed by atoms with Crippen LogP contribution in [0.5, 0.6) is 5.75 Å². The number of nitrogens with zero attached hydrogens (tertiary/aromatic N) is 1. The second-order valence-electron chi connectivity index (χ2n) is 3.78. The van der Waals surface area contributed by atoms with E-state index >= 15 is 0 Å². The van der Waals surface area contributed by atoms with Crippen LogP contribution in [0.25, 0.3) is 10.4 Å². The number of nitrogens with two attached hydrogens (primary N) is 1. The van der Waals surface area contributed by atoms with Gasteiger partial charge in [0.05, 0.1) is 22.7 Å². The lowest BCUT2D eigenvalue weighted by Gasteiger charge is -2.03. The molecule has 2 aromatic rings. The molecule has 90 valence electrons. The number of thiazole rings is 1. The number of hydrogen-bond donors (Lipinski definition) is 1. The Labute approximate surface area is 105 Å². The van der Waals surface area contributed by atoms with Crippen molar-refractivity contribution in [3.63, 3.8) is 0 Å². The monoisotopic (exact) mass is 248 g/mol. The molecule has 1 heterocycles. The Morgan fingerprint density at radius 2 is 2.00 bits per heavy atom. The highest BCUT2D eigenvalue weighted by Gasteiger charge is 2.10. The van der Waals surface area contributed by atoms with Gasteiger partial charge in [-0.3, -0.25) is 0 Å². The molecular weight excluding hydrogens is 232 g/mol. The second kappa shape index (κ2) is 5.29. The summed E-state index contributed by atoms with van der Waals surface area (Å²) in [6.45, 7) is 2.66. The smallest absolute Gasteiger partial charge is 0.118 e. The molecule has 1 aromatic heterocycles. The molecule has 1 aromatic carbocycles. The van der Waals surface area contributed by atoms with Gasteiger partial charge in [-0.05, 0) is 43.3 Å². The fourth-order valence-corrected chi connectivity index (χ4v) is 2.72. The summed E-state index contributed by atoms with van der Waals surface area (Å²) in [6.07, 6.45) is 0.825. The van der Waals surface area contributed by atoms with Crippen molar-refractivity contribution >= 4 is 11.3 Å². The summed E-state index contributed by atoms with van der Waals surface area (Å²) in [5.74, 6) is 0.871. The van der Waals surface area contributed by atoms with Crippen LogP contribution in [0.3, 0.4) is 0 Å². The van der Waals surface area contributed by atoms with E-state index in [1.807, 2.05) is 19.1 Å². The van der Waals surface area contributed by atoms with Crippen LogP contribution in [0.15, 0.2) is 24.3 Å². The fourth-order valence-electron chi connectivity index (χ4n) is 1.74. The van der Waals surface area contributed by atoms with E-state index < -0.39 is 0 Å². The molecule has 0 aliphatic heterocycles. The van der Waals surface area contributed by atoms with Gasteiger partial charge in [0.1, 0.15) is 5.75 Å². The lowest BCUT2D eigenvalue weighted by molar-refractivity contribution is 0.415. The molecule has 0 unspecified atom stereocenters. The number of ether oxygens (including phenoxy) is 1. The topological polar surface area (TPSA) is 48.1 Å². The Bertz CT molecular complexity index is 491. The molecule has 2 rings (SSSR count). The predicted molar refractivity (Wildman–Crippen MR) is 71.6 cm³/mol. The molecule has 0 fully saturated rings. The lowest BCUT2D eigenvalue weighted by atomic mass is 10.1. The van der Waals surface area contributed by atoms with Crippen molar-refractivity contribution < 1.29 is 4.74 Å². The zero-order chi connectivity index (χ0) is 12.3. The normalized spacial score (nSPS) is 10.5. The van der Waals surface area contributed by atoms with Crippen molar-refractivity contribution in [2.75, 3.05) is 13.7 Å². The molecule has 0 atom stereocenters. The zero-order valence-electron chi connectivity index (χ0n) is 10.1. The highest BCUT2D eigenvalue weighted by atomic mass is 32.1. The number of aryl methyl sites for hydroxylation is 1. The van der Waals surface area contributed by atoms with Crippen LogP contribution in [0.1, 0.15) is 10.7 Å². The van der Waals surface area contributed by atoms with Gasteiger partial charge in [0.2, 0.25) is 0 Å². The van der Waals surface area contributed by atoms with E-state index in [1.165, 1.54) is 10.4 Å². The molecule has 3 nitrogen and oxygen atoms in total. The lowest BCUT2D eigenvalue weighted by Crippen LogP contribution is -2.03. The highest BCUT2D eigenvalue weighted by Crippen LogP contribution is 2.31. The molecule has 0 spiro atoms. The van der Waals surface area contributed by atoms with Crippen LogP contribution < -0.4 is 10.5 Å². The van der Waals surface area contributed by atoms with Crippen LogP contribution in [0.2, 0.25) is 0 Å².